The second-order valence-electron chi connectivity index (χ2n) is 4.83. The molecule has 0 N–H and O–H groups in total. The Morgan fingerprint density at radius 2 is 2.21 bits per heavy atom. The fourth-order valence-corrected chi connectivity index (χ4v) is 1.96. The molecule has 2 heteroatoms. The van der Waals surface area contributed by atoms with Gasteiger partial charge in [-0.3, -0.25) is 4.79 Å². The molecule has 1 rings (SSSR count). The zero-order valence-corrected chi connectivity index (χ0v) is 9.17. The van der Waals surface area contributed by atoms with Crippen LogP contribution in [0, 0.1) is 11.3 Å². The molecule has 0 bridgehead atoms. The molecule has 0 saturated carbocycles. The first-order chi connectivity index (χ1) is 6.46. The lowest BCUT2D eigenvalue weighted by Crippen LogP contribution is -2.08. The normalized spacial score (nSPS) is 21.9. The quantitative estimate of drug-likeness (QED) is 0.644. The number of allylic oxidation sites excluding steroid dienone is 2. The van der Waals surface area contributed by atoms with Gasteiger partial charge in [-0.05, 0) is 23.3 Å². The zero-order chi connectivity index (χ0) is 10.8. The van der Waals surface area contributed by atoms with Gasteiger partial charge in [0, 0.05) is 12.8 Å². The van der Waals surface area contributed by atoms with E-state index in [1.54, 1.807) is 0 Å². The van der Waals surface area contributed by atoms with Gasteiger partial charge < -0.3 is 4.79 Å². The molecular weight excluding hydrogens is 176 g/mol. The molecule has 1 atom stereocenters. The Morgan fingerprint density at radius 3 is 2.64 bits per heavy atom. The van der Waals surface area contributed by atoms with Gasteiger partial charge in [0.1, 0.15) is 6.29 Å². The lowest BCUT2D eigenvalue weighted by Gasteiger charge is -2.11. The van der Waals surface area contributed by atoms with Crippen LogP contribution in [0.3, 0.4) is 0 Å². The van der Waals surface area contributed by atoms with Crippen LogP contribution in [0.4, 0.5) is 0 Å². The van der Waals surface area contributed by atoms with Crippen molar-refractivity contribution < 1.29 is 9.59 Å². The van der Waals surface area contributed by atoms with Crippen LogP contribution in [0.25, 0.3) is 0 Å². The maximum absolute atomic E-state index is 11.6. The molecular formula is C12H18O2. The summed E-state index contributed by atoms with van der Waals surface area (Å²) in [4.78, 5) is 21.9. The van der Waals surface area contributed by atoms with Crippen LogP contribution >= 0.6 is 0 Å². The Morgan fingerprint density at radius 1 is 1.57 bits per heavy atom. The number of carbonyl (C=O) groups is 2. The van der Waals surface area contributed by atoms with Crippen molar-refractivity contribution in [2.45, 2.75) is 40.0 Å². The van der Waals surface area contributed by atoms with Crippen molar-refractivity contribution in [1.82, 2.24) is 0 Å². The van der Waals surface area contributed by atoms with Crippen molar-refractivity contribution in [1.29, 1.82) is 0 Å². The molecule has 78 valence electrons. The first kappa shape index (κ1) is 11.2. The third-order valence-corrected chi connectivity index (χ3v) is 2.73. The molecule has 0 aromatic rings. The minimum Gasteiger partial charge on any atom is -0.303 e. The van der Waals surface area contributed by atoms with Gasteiger partial charge in [0.05, 0.1) is 0 Å². The number of aldehydes is 1. The van der Waals surface area contributed by atoms with Gasteiger partial charge in [-0.2, -0.15) is 0 Å². The van der Waals surface area contributed by atoms with E-state index in [9.17, 15) is 9.59 Å². The molecule has 0 amide bonds. The van der Waals surface area contributed by atoms with Crippen LogP contribution in [0.15, 0.2) is 11.6 Å². The number of hydrogen-bond donors (Lipinski definition) is 0. The molecule has 0 saturated heterocycles. The number of ketones is 1. The third-order valence-electron chi connectivity index (χ3n) is 2.73. The molecule has 0 aromatic heterocycles. The van der Waals surface area contributed by atoms with Crippen molar-refractivity contribution in [2.75, 3.05) is 0 Å². The van der Waals surface area contributed by atoms with Gasteiger partial charge in [-0.25, -0.2) is 0 Å². The highest BCUT2D eigenvalue weighted by molar-refractivity contribution is 5.98. The van der Waals surface area contributed by atoms with Gasteiger partial charge >= 0.3 is 0 Å². The molecule has 0 radical (unpaired) electrons. The summed E-state index contributed by atoms with van der Waals surface area (Å²) < 4.78 is 0. The Hall–Kier alpha value is -0.920. The predicted molar refractivity (Wildman–Crippen MR) is 56.0 cm³/mol. The smallest absolute Gasteiger partial charge is 0.159 e. The molecule has 1 aliphatic carbocycles. The summed E-state index contributed by atoms with van der Waals surface area (Å²) in [5, 5.41) is 0. The van der Waals surface area contributed by atoms with Gasteiger partial charge in [0.25, 0.3) is 0 Å². The second kappa shape index (κ2) is 4.07. The maximum Gasteiger partial charge on any atom is 0.159 e. The molecule has 14 heavy (non-hydrogen) atoms. The molecule has 0 unspecified atom stereocenters. The van der Waals surface area contributed by atoms with Gasteiger partial charge in [0.2, 0.25) is 0 Å². The number of hydrogen-bond acceptors (Lipinski definition) is 2. The van der Waals surface area contributed by atoms with E-state index in [1.165, 1.54) is 0 Å². The van der Waals surface area contributed by atoms with Crippen LogP contribution in [-0.4, -0.2) is 12.1 Å². The van der Waals surface area contributed by atoms with Gasteiger partial charge in [-0.15, -0.1) is 0 Å². The maximum atomic E-state index is 11.6. The van der Waals surface area contributed by atoms with Crippen molar-refractivity contribution >= 4 is 12.1 Å². The van der Waals surface area contributed by atoms with Crippen LogP contribution in [0.5, 0.6) is 0 Å². The zero-order valence-electron chi connectivity index (χ0n) is 9.17. The summed E-state index contributed by atoms with van der Waals surface area (Å²) in [7, 11) is 0. The molecule has 1 aliphatic rings. The molecule has 0 aromatic carbocycles. The van der Waals surface area contributed by atoms with Gasteiger partial charge in [-0.1, -0.05) is 26.8 Å². The summed E-state index contributed by atoms with van der Waals surface area (Å²) >= 11 is 0. The lowest BCUT2D eigenvalue weighted by atomic mass is 9.93. The van der Waals surface area contributed by atoms with E-state index >= 15 is 0 Å². The summed E-state index contributed by atoms with van der Waals surface area (Å²) in [5.74, 6) is 0.489. The highest BCUT2D eigenvalue weighted by atomic mass is 16.1. The van der Waals surface area contributed by atoms with Crippen LogP contribution in [-0.2, 0) is 9.59 Å². The number of carbonyl (C=O) groups excluding carboxylic acids is 2. The van der Waals surface area contributed by atoms with Gasteiger partial charge in [0.15, 0.2) is 5.78 Å². The highest BCUT2D eigenvalue weighted by Gasteiger charge is 2.31. The monoisotopic (exact) mass is 194 g/mol. The topological polar surface area (TPSA) is 34.1 Å². The Labute approximate surface area is 85.4 Å². The fraction of sp³-hybridized carbons (Fsp3) is 0.667. The Balaban J connectivity index is 2.67. The average Bonchev–Trinajstić information content (AvgIpc) is 2.35. The van der Waals surface area contributed by atoms with Crippen molar-refractivity contribution in [3.63, 3.8) is 0 Å². The summed E-state index contributed by atoms with van der Waals surface area (Å²) in [5.41, 5.74) is 0.943. The van der Waals surface area contributed by atoms with E-state index in [1.807, 2.05) is 6.92 Å². The second-order valence-corrected chi connectivity index (χ2v) is 4.83. The van der Waals surface area contributed by atoms with E-state index in [-0.39, 0.29) is 17.1 Å². The van der Waals surface area contributed by atoms with Crippen molar-refractivity contribution in [3.05, 3.63) is 11.6 Å². The van der Waals surface area contributed by atoms with E-state index in [2.05, 4.69) is 19.9 Å². The minimum absolute atomic E-state index is 0.0157. The largest absolute Gasteiger partial charge is 0.303 e. The minimum atomic E-state index is 0.0157. The highest BCUT2D eigenvalue weighted by Crippen LogP contribution is 2.36. The fourth-order valence-electron chi connectivity index (χ4n) is 1.96. The standard InChI is InChI=1S/C12H18O2/c1-9(5-4-6-13)10-7-12(2,3)8-11(10)14/h6-7,9H,4-5,8H2,1-3H3/t9-/m0/s1. The molecule has 0 heterocycles. The van der Waals surface area contributed by atoms with Crippen LogP contribution in [0.2, 0.25) is 0 Å². The summed E-state index contributed by atoms with van der Waals surface area (Å²) in [6, 6.07) is 0. The van der Waals surface area contributed by atoms with Crippen molar-refractivity contribution in [2.24, 2.45) is 11.3 Å². The molecule has 0 aliphatic heterocycles. The Bertz CT molecular complexity index is 274. The lowest BCUT2D eigenvalue weighted by molar-refractivity contribution is -0.116. The predicted octanol–water partition coefficient (Wildman–Crippen LogP) is 2.53. The van der Waals surface area contributed by atoms with E-state index in [0.717, 1.165) is 18.3 Å². The van der Waals surface area contributed by atoms with Crippen LogP contribution in [0.1, 0.15) is 40.0 Å². The molecule has 0 fully saturated rings. The first-order valence-electron chi connectivity index (χ1n) is 5.16. The Kier molecular flexibility index (Phi) is 3.25. The van der Waals surface area contributed by atoms with E-state index in [0.29, 0.717) is 12.8 Å². The molecule has 2 nitrogen and oxygen atoms in total. The third kappa shape index (κ3) is 2.53. The number of rotatable bonds is 4. The van der Waals surface area contributed by atoms with Crippen LogP contribution < -0.4 is 0 Å². The van der Waals surface area contributed by atoms with E-state index < -0.39 is 0 Å². The van der Waals surface area contributed by atoms with Crippen molar-refractivity contribution in [3.8, 4) is 0 Å². The summed E-state index contributed by atoms with van der Waals surface area (Å²) in [6.07, 6.45) is 4.95. The van der Waals surface area contributed by atoms with E-state index in [4.69, 9.17) is 0 Å². The summed E-state index contributed by atoms with van der Waals surface area (Å²) in [6.45, 7) is 6.17. The average molecular weight is 194 g/mol. The number of Topliss-reactive ketones (excluding diaryl/α,β-unsaturated/α-hetero) is 1. The first-order valence-corrected chi connectivity index (χ1v) is 5.16. The molecule has 0 spiro atoms. The SMILES string of the molecule is C[C@@H](CCC=O)C1=CC(C)(C)CC1=O.